The second kappa shape index (κ2) is 8.55. The van der Waals surface area contributed by atoms with Crippen LogP contribution in [-0.4, -0.2) is 54.0 Å². The van der Waals surface area contributed by atoms with Crippen LogP contribution in [0.2, 0.25) is 0 Å². The van der Waals surface area contributed by atoms with E-state index in [0.29, 0.717) is 5.91 Å². The molecule has 2 aromatic carbocycles. The molecule has 2 aliphatic heterocycles. The number of fused-ring (bicyclic) bond motifs is 4. The minimum atomic E-state index is -0.338. The maximum absolute atomic E-state index is 14.0. The molecule has 38 heavy (non-hydrogen) atoms. The van der Waals surface area contributed by atoms with Crippen molar-refractivity contribution in [2.24, 2.45) is 10.9 Å². The van der Waals surface area contributed by atoms with Crippen molar-refractivity contribution in [3.8, 4) is 0 Å². The van der Waals surface area contributed by atoms with Crippen molar-refractivity contribution in [2.75, 3.05) is 31.1 Å². The van der Waals surface area contributed by atoms with Gasteiger partial charge in [-0.2, -0.15) is 0 Å². The molecule has 1 N–H and O–H groups in total. The number of amides is 1. The van der Waals surface area contributed by atoms with Gasteiger partial charge in [0, 0.05) is 71.6 Å². The monoisotopic (exact) mass is 508 g/mol. The number of rotatable bonds is 4. The fraction of sp³-hybridized carbons (Fsp3) is 0.469. The minimum Gasteiger partial charge on any atom is -0.368 e. The summed E-state index contributed by atoms with van der Waals surface area (Å²) in [5, 5.41) is 0.998. The Morgan fingerprint density at radius 3 is 2.50 bits per heavy atom. The maximum Gasteiger partial charge on any atom is 0.225 e. The number of aliphatic imine (C=N–C) groups is 1. The molecule has 7 rings (SSSR count). The Morgan fingerprint density at radius 1 is 1.08 bits per heavy atom. The Balaban J connectivity index is 1.23. The lowest BCUT2D eigenvalue weighted by atomic mass is 9.70. The molecule has 6 heteroatoms. The Hall–Kier alpha value is -3.41. The normalized spacial score (nSPS) is 22.2. The summed E-state index contributed by atoms with van der Waals surface area (Å²) >= 11 is 0. The average molecular weight is 509 g/mol. The number of carbonyl (C=O) groups is 2. The van der Waals surface area contributed by atoms with E-state index in [1.54, 1.807) is 0 Å². The third-order valence-corrected chi connectivity index (χ3v) is 9.47. The summed E-state index contributed by atoms with van der Waals surface area (Å²) in [4.78, 5) is 39.5. The first-order valence-corrected chi connectivity index (χ1v) is 14.3. The second-order valence-corrected chi connectivity index (χ2v) is 12.1. The van der Waals surface area contributed by atoms with Gasteiger partial charge in [-0.05, 0) is 54.2 Å². The molecule has 1 aromatic heterocycles. The van der Waals surface area contributed by atoms with E-state index < -0.39 is 0 Å². The summed E-state index contributed by atoms with van der Waals surface area (Å²) in [6.07, 6.45) is 7.30. The lowest BCUT2D eigenvalue weighted by Gasteiger charge is -2.39. The molecular weight excluding hydrogens is 472 g/mol. The molecule has 0 bridgehead atoms. The molecule has 2 aliphatic carbocycles. The zero-order valence-electron chi connectivity index (χ0n) is 22.6. The fourth-order valence-corrected chi connectivity index (χ4v) is 7.10. The first-order chi connectivity index (χ1) is 18.4. The van der Waals surface area contributed by atoms with E-state index in [1.807, 2.05) is 6.21 Å². The van der Waals surface area contributed by atoms with Gasteiger partial charge in [-0.25, -0.2) is 0 Å². The third kappa shape index (κ3) is 3.56. The summed E-state index contributed by atoms with van der Waals surface area (Å²) in [5.74, 6) is 0.712. The van der Waals surface area contributed by atoms with Crippen LogP contribution in [0.25, 0.3) is 10.9 Å². The van der Waals surface area contributed by atoms with Gasteiger partial charge >= 0.3 is 0 Å². The molecule has 0 spiro atoms. The quantitative estimate of drug-likeness (QED) is 0.501. The van der Waals surface area contributed by atoms with Crippen molar-refractivity contribution in [1.82, 2.24) is 9.88 Å². The van der Waals surface area contributed by atoms with Gasteiger partial charge in [-0.15, -0.1) is 0 Å². The van der Waals surface area contributed by atoms with Gasteiger partial charge in [-0.3, -0.25) is 14.6 Å². The number of nitrogens with one attached hydrogen (secondary N) is 1. The standard InChI is InChI=1S/C32H36N4O2/c1-4-19-15-23-24(17-27(19)35-11-13-36(14-12-35)31(38)20-7-5-6-8-20)32(2,3)30-28(29(23)37)22-10-9-21(26-18-33-26)16-25(22)34-30/h9-10,15-18,20,26,34H,4-8,11-14H2,1-3H3. The van der Waals surface area contributed by atoms with Gasteiger partial charge in [0.15, 0.2) is 5.78 Å². The average Bonchev–Trinajstić information content (AvgIpc) is 3.49. The van der Waals surface area contributed by atoms with Crippen LogP contribution in [-0.2, 0) is 16.6 Å². The van der Waals surface area contributed by atoms with Gasteiger partial charge in [0.1, 0.15) is 6.04 Å². The summed E-state index contributed by atoms with van der Waals surface area (Å²) in [6, 6.07) is 10.9. The molecule has 1 saturated carbocycles. The number of aromatic nitrogens is 1. The smallest absolute Gasteiger partial charge is 0.225 e. The highest BCUT2D eigenvalue weighted by Gasteiger charge is 2.41. The maximum atomic E-state index is 14.0. The molecule has 196 valence electrons. The van der Waals surface area contributed by atoms with Crippen LogP contribution in [0, 0.1) is 5.92 Å². The van der Waals surface area contributed by atoms with Gasteiger partial charge in [0.2, 0.25) is 5.91 Å². The van der Waals surface area contributed by atoms with Crippen molar-refractivity contribution in [2.45, 2.75) is 64.3 Å². The van der Waals surface area contributed by atoms with E-state index in [4.69, 9.17) is 0 Å². The number of benzene rings is 2. The fourth-order valence-electron chi connectivity index (χ4n) is 7.10. The Morgan fingerprint density at radius 2 is 1.82 bits per heavy atom. The molecular formula is C32H36N4O2. The lowest BCUT2D eigenvalue weighted by molar-refractivity contribution is -0.135. The van der Waals surface area contributed by atoms with Crippen LogP contribution in [0.3, 0.4) is 0 Å². The van der Waals surface area contributed by atoms with Gasteiger partial charge < -0.3 is 14.8 Å². The molecule has 1 atom stereocenters. The Kier molecular flexibility index (Phi) is 5.33. The first-order valence-electron chi connectivity index (χ1n) is 14.3. The second-order valence-electron chi connectivity index (χ2n) is 12.1. The van der Waals surface area contributed by atoms with Crippen molar-refractivity contribution in [3.05, 3.63) is 63.8 Å². The number of hydrogen-bond donors (Lipinski definition) is 1. The predicted octanol–water partition coefficient (Wildman–Crippen LogP) is 5.56. The Labute approximate surface area is 224 Å². The van der Waals surface area contributed by atoms with Gasteiger partial charge in [0.25, 0.3) is 0 Å². The largest absolute Gasteiger partial charge is 0.368 e. The molecule has 3 aromatic rings. The highest BCUT2D eigenvalue weighted by Crippen LogP contribution is 2.46. The molecule has 0 radical (unpaired) electrons. The predicted molar refractivity (Wildman–Crippen MR) is 152 cm³/mol. The summed E-state index contributed by atoms with van der Waals surface area (Å²) in [7, 11) is 0. The van der Waals surface area contributed by atoms with Crippen LogP contribution < -0.4 is 4.90 Å². The lowest BCUT2D eigenvalue weighted by Crippen LogP contribution is -2.50. The van der Waals surface area contributed by atoms with E-state index in [0.717, 1.165) is 78.7 Å². The number of anilines is 1. The third-order valence-electron chi connectivity index (χ3n) is 9.47. The van der Waals surface area contributed by atoms with Crippen molar-refractivity contribution < 1.29 is 9.59 Å². The van der Waals surface area contributed by atoms with Gasteiger partial charge in [0.05, 0.1) is 5.56 Å². The van der Waals surface area contributed by atoms with Crippen LogP contribution >= 0.6 is 0 Å². The molecule has 1 amide bonds. The van der Waals surface area contributed by atoms with E-state index >= 15 is 0 Å². The topological polar surface area (TPSA) is 68.8 Å². The van der Waals surface area contributed by atoms with E-state index in [1.165, 1.54) is 29.7 Å². The number of H-pyrrole nitrogens is 1. The molecule has 4 aliphatic rings. The number of aromatic amines is 1. The molecule has 6 nitrogen and oxygen atoms in total. The molecule has 1 unspecified atom stereocenters. The molecule has 3 heterocycles. The summed E-state index contributed by atoms with van der Waals surface area (Å²) in [6.45, 7) is 9.84. The van der Waals surface area contributed by atoms with E-state index in [9.17, 15) is 9.59 Å². The van der Waals surface area contributed by atoms with E-state index in [-0.39, 0.29) is 23.2 Å². The highest BCUT2D eigenvalue weighted by atomic mass is 16.2. The zero-order valence-corrected chi connectivity index (χ0v) is 22.6. The Bertz CT molecular complexity index is 1490. The van der Waals surface area contributed by atoms with Crippen LogP contribution in [0.1, 0.15) is 90.8 Å². The first kappa shape index (κ1) is 23.7. The summed E-state index contributed by atoms with van der Waals surface area (Å²) in [5.41, 5.74) is 7.99. The number of ketones is 1. The number of carbonyl (C=O) groups excluding carboxylic acids is 2. The number of aryl methyl sites for hydroxylation is 1. The van der Waals surface area contributed by atoms with E-state index in [2.05, 4.69) is 70.9 Å². The van der Waals surface area contributed by atoms with Crippen molar-refractivity contribution in [1.29, 1.82) is 0 Å². The van der Waals surface area contributed by atoms with Crippen LogP contribution in [0.4, 0.5) is 5.69 Å². The van der Waals surface area contributed by atoms with Crippen molar-refractivity contribution in [3.63, 3.8) is 0 Å². The minimum absolute atomic E-state index is 0.115. The van der Waals surface area contributed by atoms with Gasteiger partial charge in [-0.1, -0.05) is 45.7 Å². The van der Waals surface area contributed by atoms with Crippen LogP contribution in [0.15, 0.2) is 35.3 Å². The van der Waals surface area contributed by atoms with Crippen LogP contribution in [0.5, 0.6) is 0 Å². The molecule has 2 fully saturated rings. The number of hydrogen-bond acceptors (Lipinski definition) is 4. The number of nitrogens with zero attached hydrogens (tertiary/aromatic N) is 3. The summed E-state index contributed by atoms with van der Waals surface area (Å²) < 4.78 is 0. The zero-order chi connectivity index (χ0) is 26.2. The number of piperazine rings is 1. The SMILES string of the molecule is CCc1cc2c(cc1N1CCN(C(=O)C3CCCC3)CC1)C(C)(C)c1[nH]c3cc(C4C=N4)ccc3c1C2=O. The van der Waals surface area contributed by atoms with Crippen molar-refractivity contribution >= 4 is 34.5 Å². The highest BCUT2D eigenvalue weighted by molar-refractivity contribution is 6.20. The molecule has 1 saturated heterocycles.